The van der Waals surface area contributed by atoms with E-state index < -0.39 is 12.1 Å². The number of nitrogens with one attached hydrogen (secondary N) is 1. The van der Waals surface area contributed by atoms with Gasteiger partial charge in [0.15, 0.2) is 5.82 Å². The van der Waals surface area contributed by atoms with Crippen LogP contribution in [0.5, 0.6) is 0 Å². The average Bonchev–Trinajstić information content (AvgIpc) is 3.70. The maximum absolute atomic E-state index is 13.3. The van der Waals surface area contributed by atoms with Crippen LogP contribution in [0.15, 0.2) is 47.2 Å². The molecule has 1 saturated heterocycles. The second-order valence-electron chi connectivity index (χ2n) is 9.97. The van der Waals surface area contributed by atoms with Gasteiger partial charge in [-0.3, -0.25) is 14.4 Å². The highest BCUT2D eigenvalue weighted by atomic mass is 32.1. The van der Waals surface area contributed by atoms with Crippen LogP contribution < -0.4 is 5.32 Å². The van der Waals surface area contributed by atoms with E-state index in [2.05, 4.69) is 10.7 Å². The molecule has 0 aliphatic carbocycles. The number of benzene rings is 1. The average molecular weight is 535 g/mol. The van der Waals surface area contributed by atoms with Gasteiger partial charge in [0.25, 0.3) is 0 Å². The molecule has 5 rings (SSSR count). The zero-order chi connectivity index (χ0) is 26.5. The summed E-state index contributed by atoms with van der Waals surface area (Å²) in [5.41, 5.74) is 2.05. The van der Waals surface area contributed by atoms with Crippen molar-refractivity contribution in [2.24, 2.45) is 0 Å². The first-order valence-corrected chi connectivity index (χ1v) is 14.3. The van der Waals surface area contributed by atoms with Crippen molar-refractivity contribution in [1.82, 2.24) is 29.9 Å². The van der Waals surface area contributed by atoms with Crippen LogP contribution in [-0.4, -0.2) is 68.0 Å². The Balaban J connectivity index is 1.42. The molecule has 3 amide bonds. The van der Waals surface area contributed by atoms with E-state index in [-0.39, 0.29) is 17.7 Å². The lowest BCUT2D eigenvalue weighted by atomic mass is 10.1. The van der Waals surface area contributed by atoms with E-state index in [9.17, 15) is 14.4 Å². The molecule has 2 aromatic heterocycles. The molecule has 4 heterocycles. The Hall–Kier alpha value is -3.53. The van der Waals surface area contributed by atoms with Gasteiger partial charge in [-0.1, -0.05) is 30.3 Å². The predicted octanol–water partition coefficient (Wildman–Crippen LogP) is 3.43. The Bertz CT molecular complexity index is 1260. The number of aryl methyl sites for hydroxylation is 1. The van der Waals surface area contributed by atoms with Crippen LogP contribution in [0.25, 0.3) is 11.4 Å². The van der Waals surface area contributed by atoms with Gasteiger partial charge in [0, 0.05) is 38.0 Å². The molecule has 2 atom stereocenters. The van der Waals surface area contributed by atoms with Crippen molar-refractivity contribution in [2.75, 3.05) is 19.6 Å². The fraction of sp³-hybridized carbons (Fsp3) is 0.464. The summed E-state index contributed by atoms with van der Waals surface area (Å²) in [7, 11) is 0. The lowest BCUT2D eigenvalue weighted by Crippen LogP contribution is -2.47. The highest BCUT2D eigenvalue weighted by Crippen LogP contribution is 2.23. The van der Waals surface area contributed by atoms with E-state index >= 15 is 0 Å². The summed E-state index contributed by atoms with van der Waals surface area (Å²) >= 11 is 1.63. The number of hydrogen-bond acceptors (Lipinski definition) is 6. The van der Waals surface area contributed by atoms with Crippen LogP contribution >= 0.6 is 11.3 Å². The van der Waals surface area contributed by atoms with Gasteiger partial charge in [-0.15, -0.1) is 0 Å². The van der Waals surface area contributed by atoms with Crippen molar-refractivity contribution in [1.29, 1.82) is 0 Å². The van der Waals surface area contributed by atoms with Crippen molar-refractivity contribution in [3.8, 4) is 11.4 Å². The first-order valence-electron chi connectivity index (χ1n) is 13.4. The molecule has 0 unspecified atom stereocenters. The molecule has 10 heteroatoms. The van der Waals surface area contributed by atoms with Gasteiger partial charge in [0.2, 0.25) is 17.7 Å². The third-order valence-corrected chi connectivity index (χ3v) is 8.05. The van der Waals surface area contributed by atoms with Gasteiger partial charge >= 0.3 is 0 Å². The molecule has 0 radical (unpaired) electrons. The molecule has 0 spiro atoms. The summed E-state index contributed by atoms with van der Waals surface area (Å²) in [5.74, 6) is 1.12. The minimum Gasteiger partial charge on any atom is -0.345 e. The number of carbonyl (C=O) groups excluding carboxylic acids is 3. The van der Waals surface area contributed by atoms with E-state index in [4.69, 9.17) is 10.1 Å². The maximum atomic E-state index is 13.3. The van der Waals surface area contributed by atoms with Gasteiger partial charge in [-0.05, 0) is 55.0 Å². The van der Waals surface area contributed by atoms with Crippen LogP contribution in [0, 0.1) is 0 Å². The zero-order valence-electron chi connectivity index (χ0n) is 21.7. The molecule has 2 aliphatic heterocycles. The molecule has 0 bridgehead atoms. The van der Waals surface area contributed by atoms with Crippen LogP contribution in [0.1, 0.15) is 56.5 Å². The van der Waals surface area contributed by atoms with Gasteiger partial charge < -0.3 is 15.1 Å². The Morgan fingerprint density at radius 2 is 1.92 bits per heavy atom. The first kappa shape index (κ1) is 26.1. The van der Waals surface area contributed by atoms with E-state index in [0.717, 1.165) is 17.5 Å². The number of thiophene rings is 1. The van der Waals surface area contributed by atoms with Crippen molar-refractivity contribution in [2.45, 2.75) is 64.1 Å². The Morgan fingerprint density at radius 3 is 2.71 bits per heavy atom. The summed E-state index contributed by atoms with van der Waals surface area (Å²) in [6.07, 6.45) is 3.46. The molecular formula is C28H34N6O3S. The molecule has 9 nitrogen and oxygen atoms in total. The second kappa shape index (κ2) is 11.9. The molecular weight excluding hydrogens is 500 g/mol. The molecule has 3 aromatic rings. The number of fused-ring (bicyclic) bond motifs is 2. The summed E-state index contributed by atoms with van der Waals surface area (Å²) in [6.45, 7) is 3.87. The molecule has 2 aliphatic rings. The fourth-order valence-corrected chi connectivity index (χ4v) is 5.95. The zero-order valence-corrected chi connectivity index (χ0v) is 22.5. The third-order valence-electron chi connectivity index (χ3n) is 7.31. The topological polar surface area (TPSA) is 100 Å². The van der Waals surface area contributed by atoms with E-state index in [1.807, 2.05) is 58.3 Å². The van der Waals surface area contributed by atoms with Gasteiger partial charge in [0.1, 0.15) is 11.9 Å². The van der Waals surface area contributed by atoms with E-state index in [1.54, 1.807) is 16.2 Å². The predicted molar refractivity (Wildman–Crippen MR) is 145 cm³/mol. The summed E-state index contributed by atoms with van der Waals surface area (Å²) < 4.78 is 1.82. The van der Waals surface area contributed by atoms with E-state index in [0.29, 0.717) is 69.9 Å². The monoisotopic (exact) mass is 534 g/mol. The number of amides is 3. The van der Waals surface area contributed by atoms with Gasteiger partial charge in [-0.2, -0.15) is 16.4 Å². The summed E-state index contributed by atoms with van der Waals surface area (Å²) in [4.78, 5) is 47.9. The van der Waals surface area contributed by atoms with Gasteiger partial charge in [-0.25, -0.2) is 9.67 Å². The molecule has 38 heavy (non-hydrogen) atoms. The maximum Gasteiger partial charge on any atom is 0.243 e. The standard InChI is InChI=1S/C28H34N6O3S/c1-20-27-30-26(22-7-3-2-4-8-22)31-34(27)17-16-32(24(35)12-11-21-13-18-38-19-21)14-6-10-25(36)33-15-5-9-23(33)28(37)29-20/h2-4,7-8,13,18-20,23H,5-6,9-12,14-17H2,1H3,(H,29,37)/t20-,23-/m0/s1. The Morgan fingerprint density at radius 1 is 1.08 bits per heavy atom. The van der Waals surface area contributed by atoms with Crippen LogP contribution in [-0.2, 0) is 27.3 Å². The van der Waals surface area contributed by atoms with Crippen molar-refractivity contribution in [3.05, 3.63) is 58.5 Å². The normalized spacial score (nSPS) is 21.0. The first-order chi connectivity index (χ1) is 18.5. The van der Waals surface area contributed by atoms with Crippen LogP contribution in [0.3, 0.4) is 0 Å². The number of aromatic nitrogens is 3. The van der Waals surface area contributed by atoms with Crippen molar-refractivity contribution < 1.29 is 14.4 Å². The summed E-state index contributed by atoms with van der Waals surface area (Å²) in [5, 5.41) is 12.0. The molecule has 1 N–H and O–H groups in total. The SMILES string of the molecule is C[C@@H]1NC(=O)[C@@H]2CCCN2C(=O)CCCN(C(=O)CCc2ccsc2)CCn2nc(-c3ccccc3)nc21. The molecule has 1 fully saturated rings. The second-order valence-corrected chi connectivity index (χ2v) is 10.8. The lowest BCUT2D eigenvalue weighted by molar-refractivity contribution is -0.139. The van der Waals surface area contributed by atoms with Crippen molar-refractivity contribution in [3.63, 3.8) is 0 Å². The number of nitrogens with zero attached hydrogens (tertiary/aromatic N) is 5. The number of hydrogen-bond donors (Lipinski definition) is 1. The minimum atomic E-state index is -0.471. The number of rotatable bonds is 4. The van der Waals surface area contributed by atoms with Crippen LogP contribution in [0.2, 0.25) is 0 Å². The highest BCUT2D eigenvalue weighted by molar-refractivity contribution is 7.07. The fourth-order valence-electron chi connectivity index (χ4n) is 5.25. The number of carbonyl (C=O) groups is 3. The summed E-state index contributed by atoms with van der Waals surface area (Å²) in [6, 6.07) is 10.9. The Kier molecular flexibility index (Phi) is 8.17. The largest absolute Gasteiger partial charge is 0.345 e. The minimum absolute atomic E-state index is 0.0208. The van der Waals surface area contributed by atoms with E-state index in [1.165, 1.54) is 0 Å². The Labute approximate surface area is 226 Å². The molecule has 200 valence electrons. The van der Waals surface area contributed by atoms with Crippen LogP contribution in [0.4, 0.5) is 0 Å². The highest BCUT2D eigenvalue weighted by Gasteiger charge is 2.35. The smallest absolute Gasteiger partial charge is 0.243 e. The molecule has 1 aromatic carbocycles. The quantitative estimate of drug-likeness (QED) is 0.553. The van der Waals surface area contributed by atoms with Gasteiger partial charge in [0.05, 0.1) is 12.6 Å². The third kappa shape index (κ3) is 5.96. The van der Waals surface area contributed by atoms with Crippen molar-refractivity contribution >= 4 is 29.1 Å². The lowest BCUT2D eigenvalue weighted by Gasteiger charge is -2.28. The molecule has 0 saturated carbocycles.